The molecular weight excluding hydrogens is 226 g/mol. The minimum absolute atomic E-state index is 0.0142. The van der Waals surface area contributed by atoms with Crippen molar-refractivity contribution in [2.24, 2.45) is 5.73 Å². The van der Waals surface area contributed by atoms with Crippen LogP contribution in [0.2, 0.25) is 0 Å². The van der Waals surface area contributed by atoms with Crippen LogP contribution in [0.4, 0.5) is 0 Å². The molecule has 0 saturated heterocycles. The van der Waals surface area contributed by atoms with Crippen LogP contribution < -0.4 is 5.73 Å². The second-order valence-electron chi connectivity index (χ2n) is 5.65. The topological polar surface area (TPSA) is 52.3 Å². The molecule has 0 fully saturated rings. The van der Waals surface area contributed by atoms with Crippen molar-refractivity contribution in [1.29, 1.82) is 0 Å². The second-order valence-corrected chi connectivity index (χ2v) is 5.65. The van der Waals surface area contributed by atoms with Crippen molar-refractivity contribution < 1.29 is 9.53 Å². The van der Waals surface area contributed by atoms with E-state index in [1.807, 2.05) is 12.1 Å². The molecule has 0 radical (unpaired) electrons. The second kappa shape index (κ2) is 6.12. The first-order valence-electron chi connectivity index (χ1n) is 6.21. The molecule has 0 aliphatic heterocycles. The van der Waals surface area contributed by atoms with E-state index in [-0.39, 0.29) is 17.8 Å². The third kappa shape index (κ3) is 4.24. The average molecular weight is 249 g/mol. The number of hydrogen-bond acceptors (Lipinski definition) is 3. The van der Waals surface area contributed by atoms with Crippen LogP contribution >= 0.6 is 0 Å². The molecule has 0 amide bonds. The minimum atomic E-state index is -0.530. The van der Waals surface area contributed by atoms with Gasteiger partial charge in [-0.05, 0) is 16.5 Å². The molecule has 1 atom stereocenters. The van der Waals surface area contributed by atoms with Gasteiger partial charge in [-0.2, -0.15) is 0 Å². The van der Waals surface area contributed by atoms with Gasteiger partial charge in [0.25, 0.3) is 0 Å². The molecule has 0 heterocycles. The van der Waals surface area contributed by atoms with Gasteiger partial charge in [-0.3, -0.25) is 4.79 Å². The van der Waals surface area contributed by atoms with Gasteiger partial charge in [0.15, 0.2) is 5.78 Å². The number of hydrogen-bond donors (Lipinski definition) is 1. The highest BCUT2D eigenvalue weighted by molar-refractivity contribution is 5.86. The highest BCUT2D eigenvalue weighted by Crippen LogP contribution is 2.22. The van der Waals surface area contributed by atoms with E-state index < -0.39 is 6.04 Å². The molecule has 1 aromatic rings. The molecule has 0 aliphatic carbocycles. The van der Waals surface area contributed by atoms with Gasteiger partial charge >= 0.3 is 0 Å². The van der Waals surface area contributed by atoms with Gasteiger partial charge in [0, 0.05) is 13.5 Å². The number of nitrogens with two attached hydrogens (primary N) is 1. The predicted molar refractivity (Wildman–Crippen MR) is 73.7 cm³/mol. The summed E-state index contributed by atoms with van der Waals surface area (Å²) in [5, 5.41) is 0. The van der Waals surface area contributed by atoms with Crippen molar-refractivity contribution in [2.75, 3.05) is 13.7 Å². The van der Waals surface area contributed by atoms with Crippen LogP contribution in [0.1, 0.15) is 31.9 Å². The largest absolute Gasteiger partial charge is 0.383 e. The Kier molecular flexibility index (Phi) is 5.05. The van der Waals surface area contributed by atoms with E-state index in [9.17, 15) is 4.79 Å². The van der Waals surface area contributed by atoms with Gasteiger partial charge in [-0.25, -0.2) is 0 Å². The van der Waals surface area contributed by atoms with E-state index in [0.29, 0.717) is 6.42 Å². The van der Waals surface area contributed by atoms with E-state index in [1.165, 1.54) is 5.56 Å². The van der Waals surface area contributed by atoms with Gasteiger partial charge < -0.3 is 10.5 Å². The van der Waals surface area contributed by atoms with E-state index in [1.54, 1.807) is 7.11 Å². The summed E-state index contributed by atoms with van der Waals surface area (Å²) in [7, 11) is 1.55. The Bertz CT molecular complexity index is 390. The van der Waals surface area contributed by atoms with Gasteiger partial charge in [-0.15, -0.1) is 0 Å². The molecule has 100 valence electrons. The Balaban J connectivity index is 2.67. The smallest absolute Gasteiger partial charge is 0.156 e. The number of Topliss-reactive ketones (excluding diaryl/α,β-unsaturated/α-hetero) is 1. The first-order chi connectivity index (χ1) is 8.34. The van der Waals surface area contributed by atoms with E-state index >= 15 is 0 Å². The van der Waals surface area contributed by atoms with Crippen molar-refractivity contribution in [3.05, 3.63) is 35.4 Å². The molecule has 0 bridgehead atoms. The lowest BCUT2D eigenvalue weighted by molar-refractivity contribution is -0.120. The fraction of sp³-hybridized carbons (Fsp3) is 0.533. The molecule has 0 spiro atoms. The Hall–Kier alpha value is -1.19. The van der Waals surface area contributed by atoms with Crippen LogP contribution in [0.3, 0.4) is 0 Å². The van der Waals surface area contributed by atoms with Crippen LogP contribution in [0.15, 0.2) is 24.3 Å². The first kappa shape index (κ1) is 14.9. The maximum atomic E-state index is 11.8. The van der Waals surface area contributed by atoms with E-state index in [0.717, 1.165) is 5.56 Å². The number of carbonyl (C=O) groups is 1. The molecule has 0 aliphatic rings. The minimum Gasteiger partial charge on any atom is -0.383 e. The summed E-state index contributed by atoms with van der Waals surface area (Å²) in [6.07, 6.45) is 0.370. The lowest BCUT2D eigenvalue weighted by atomic mass is 9.86. The molecule has 1 aromatic carbocycles. The first-order valence-corrected chi connectivity index (χ1v) is 6.21. The Labute approximate surface area is 109 Å². The van der Waals surface area contributed by atoms with E-state index in [4.69, 9.17) is 10.5 Å². The van der Waals surface area contributed by atoms with Crippen molar-refractivity contribution in [2.45, 2.75) is 38.6 Å². The molecule has 1 unspecified atom stereocenters. The number of benzene rings is 1. The lowest BCUT2D eigenvalue weighted by Crippen LogP contribution is -2.35. The van der Waals surface area contributed by atoms with Crippen LogP contribution in [0, 0.1) is 0 Å². The number of rotatable bonds is 5. The highest BCUT2D eigenvalue weighted by atomic mass is 16.5. The summed E-state index contributed by atoms with van der Waals surface area (Å²) in [6, 6.07) is 7.61. The molecule has 2 N–H and O–H groups in total. The maximum Gasteiger partial charge on any atom is 0.156 e. The summed E-state index contributed by atoms with van der Waals surface area (Å²) >= 11 is 0. The quantitative estimate of drug-likeness (QED) is 0.869. The van der Waals surface area contributed by atoms with Crippen LogP contribution in [-0.2, 0) is 21.4 Å². The molecule has 0 saturated carbocycles. The summed E-state index contributed by atoms with van der Waals surface area (Å²) < 4.78 is 4.88. The molecule has 1 rings (SSSR count). The number of ether oxygens (including phenoxy) is 1. The average Bonchev–Trinajstić information content (AvgIpc) is 2.28. The summed E-state index contributed by atoms with van der Waals surface area (Å²) in [6.45, 7) is 6.78. The molecule has 3 nitrogen and oxygen atoms in total. The van der Waals surface area contributed by atoms with Crippen LogP contribution in [0.5, 0.6) is 0 Å². The third-order valence-corrected chi connectivity index (χ3v) is 2.96. The van der Waals surface area contributed by atoms with Crippen molar-refractivity contribution in [1.82, 2.24) is 0 Å². The summed E-state index contributed by atoms with van der Waals surface area (Å²) in [5.41, 5.74) is 8.10. The fourth-order valence-corrected chi connectivity index (χ4v) is 1.73. The van der Waals surface area contributed by atoms with Crippen molar-refractivity contribution >= 4 is 5.78 Å². The molecular formula is C15H23NO2. The third-order valence-electron chi connectivity index (χ3n) is 2.96. The summed E-state index contributed by atoms with van der Waals surface area (Å²) in [4.78, 5) is 11.8. The maximum absolute atomic E-state index is 11.8. The van der Waals surface area contributed by atoms with Crippen molar-refractivity contribution in [3.8, 4) is 0 Å². The monoisotopic (exact) mass is 249 g/mol. The number of ketones is 1. The molecule has 3 heteroatoms. The molecule has 0 aromatic heterocycles. The van der Waals surface area contributed by atoms with Crippen molar-refractivity contribution in [3.63, 3.8) is 0 Å². The standard InChI is InChI=1S/C15H23NO2/c1-15(2,3)12-7-5-11(6-8-12)9-14(17)13(16)10-18-4/h5-8,13H,9-10,16H2,1-4H3. The Morgan fingerprint density at radius 1 is 1.28 bits per heavy atom. The van der Waals surface area contributed by atoms with Gasteiger partial charge in [0.1, 0.15) is 0 Å². The SMILES string of the molecule is COCC(N)C(=O)Cc1ccc(C(C)(C)C)cc1. The predicted octanol–water partition coefficient (Wildman–Crippen LogP) is 2.07. The number of methoxy groups -OCH3 is 1. The van der Waals surface area contributed by atoms with Gasteiger partial charge in [0.05, 0.1) is 12.6 Å². The number of carbonyl (C=O) groups excluding carboxylic acids is 1. The van der Waals surface area contributed by atoms with Gasteiger partial charge in [-0.1, -0.05) is 45.0 Å². The van der Waals surface area contributed by atoms with Crippen LogP contribution in [-0.4, -0.2) is 25.5 Å². The van der Waals surface area contributed by atoms with Crippen LogP contribution in [0.25, 0.3) is 0 Å². The zero-order chi connectivity index (χ0) is 13.8. The lowest BCUT2D eigenvalue weighted by Gasteiger charge is -2.19. The normalized spacial score (nSPS) is 13.4. The Morgan fingerprint density at radius 2 is 1.83 bits per heavy atom. The van der Waals surface area contributed by atoms with Gasteiger partial charge in [0.2, 0.25) is 0 Å². The fourth-order valence-electron chi connectivity index (χ4n) is 1.73. The van der Waals surface area contributed by atoms with E-state index in [2.05, 4.69) is 32.9 Å². The zero-order valence-electron chi connectivity index (χ0n) is 11.7. The zero-order valence-corrected chi connectivity index (χ0v) is 11.7. The summed E-state index contributed by atoms with van der Waals surface area (Å²) in [5.74, 6) is 0.0142. The molecule has 18 heavy (non-hydrogen) atoms. The Morgan fingerprint density at radius 3 is 2.28 bits per heavy atom. The highest BCUT2D eigenvalue weighted by Gasteiger charge is 2.15.